The highest BCUT2D eigenvalue weighted by Gasteiger charge is 2.16. The molecule has 2 N–H and O–H groups in total. The van der Waals surface area contributed by atoms with E-state index in [1.807, 2.05) is 0 Å². The number of hydrogen-bond acceptors (Lipinski definition) is 2. The number of rotatable bonds is 5. The lowest BCUT2D eigenvalue weighted by Crippen LogP contribution is -2.25. The Bertz CT molecular complexity index is 316. The third kappa shape index (κ3) is 3.62. The first-order chi connectivity index (χ1) is 7.48. The van der Waals surface area contributed by atoms with Gasteiger partial charge in [-0.05, 0) is 37.4 Å². The van der Waals surface area contributed by atoms with E-state index in [0.29, 0.717) is 12.5 Å². The molecule has 1 unspecified atom stereocenters. The van der Waals surface area contributed by atoms with Crippen LogP contribution in [0, 0.1) is 0 Å². The van der Waals surface area contributed by atoms with Gasteiger partial charge < -0.3 is 10.5 Å². The molecule has 0 saturated heterocycles. The van der Waals surface area contributed by atoms with Crippen LogP contribution in [0.3, 0.4) is 0 Å². The van der Waals surface area contributed by atoms with Crippen molar-refractivity contribution in [2.24, 2.45) is 5.73 Å². The zero-order chi connectivity index (χ0) is 12.2. The van der Waals surface area contributed by atoms with Gasteiger partial charge in [-0.2, -0.15) is 0 Å². The van der Waals surface area contributed by atoms with Crippen LogP contribution in [0.4, 0.5) is 0 Å². The van der Waals surface area contributed by atoms with Crippen molar-refractivity contribution < 1.29 is 4.74 Å². The fourth-order valence-corrected chi connectivity index (χ4v) is 1.66. The number of ether oxygens (including phenoxy) is 1. The molecule has 0 aliphatic carbocycles. The highest BCUT2D eigenvalue weighted by atomic mass is 16.5. The van der Waals surface area contributed by atoms with Crippen LogP contribution >= 0.6 is 0 Å². The van der Waals surface area contributed by atoms with Gasteiger partial charge in [-0.15, -0.1) is 0 Å². The molecule has 1 aromatic rings. The van der Waals surface area contributed by atoms with Crippen LogP contribution in [0.5, 0.6) is 0 Å². The first-order valence-electron chi connectivity index (χ1n) is 5.82. The lowest BCUT2D eigenvalue weighted by atomic mass is 9.95. The van der Waals surface area contributed by atoms with Crippen LogP contribution in [-0.4, -0.2) is 19.3 Å². The quantitative estimate of drug-likeness (QED) is 0.829. The van der Waals surface area contributed by atoms with Gasteiger partial charge in [0.05, 0.1) is 5.60 Å². The topological polar surface area (TPSA) is 35.2 Å². The van der Waals surface area contributed by atoms with Crippen molar-refractivity contribution in [3.05, 3.63) is 35.4 Å². The first-order valence-corrected chi connectivity index (χ1v) is 5.82. The molecule has 0 fully saturated rings. The van der Waals surface area contributed by atoms with E-state index in [9.17, 15) is 0 Å². The average molecular weight is 221 g/mol. The summed E-state index contributed by atoms with van der Waals surface area (Å²) in [6, 6.07) is 8.67. The summed E-state index contributed by atoms with van der Waals surface area (Å²) in [7, 11) is 1.75. The van der Waals surface area contributed by atoms with Gasteiger partial charge in [0.25, 0.3) is 0 Å². The molecule has 1 atom stereocenters. The van der Waals surface area contributed by atoms with Crippen molar-refractivity contribution in [3.8, 4) is 0 Å². The molecule has 0 spiro atoms. The summed E-state index contributed by atoms with van der Waals surface area (Å²) in [6.45, 7) is 7.05. The number of hydrogen-bond donors (Lipinski definition) is 1. The molecule has 0 saturated carbocycles. The minimum Gasteiger partial charge on any atom is -0.378 e. The monoisotopic (exact) mass is 221 g/mol. The van der Waals surface area contributed by atoms with Crippen molar-refractivity contribution in [1.82, 2.24) is 0 Å². The molecule has 0 aliphatic rings. The van der Waals surface area contributed by atoms with Gasteiger partial charge in [0, 0.05) is 13.5 Å². The lowest BCUT2D eigenvalue weighted by Gasteiger charge is -2.23. The second kappa shape index (κ2) is 5.46. The van der Waals surface area contributed by atoms with Crippen LogP contribution in [0.2, 0.25) is 0 Å². The fourth-order valence-electron chi connectivity index (χ4n) is 1.66. The van der Waals surface area contributed by atoms with E-state index in [4.69, 9.17) is 10.5 Å². The highest BCUT2D eigenvalue weighted by molar-refractivity contribution is 5.26. The third-order valence-corrected chi connectivity index (χ3v) is 3.08. The number of benzene rings is 1. The molecule has 1 aromatic carbocycles. The van der Waals surface area contributed by atoms with Gasteiger partial charge in [-0.25, -0.2) is 0 Å². The number of nitrogens with two attached hydrogens (primary N) is 1. The maximum atomic E-state index is 5.65. The number of methoxy groups -OCH3 is 1. The summed E-state index contributed by atoms with van der Waals surface area (Å²) in [5.41, 5.74) is 8.16. The Balaban J connectivity index is 2.72. The lowest BCUT2D eigenvalue weighted by molar-refractivity contribution is 0.0232. The van der Waals surface area contributed by atoms with E-state index >= 15 is 0 Å². The van der Waals surface area contributed by atoms with E-state index in [1.54, 1.807) is 7.11 Å². The van der Waals surface area contributed by atoms with E-state index in [-0.39, 0.29) is 5.60 Å². The Hall–Kier alpha value is -0.860. The maximum Gasteiger partial charge on any atom is 0.0662 e. The van der Waals surface area contributed by atoms with E-state index in [2.05, 4.69) is 45.0 Å². The third-order valence-electron chi connectivity index (χ3n) is 3.08. The largest absolute Gasteiger partial charge is 0.378 e. The summed E-state index contributed by atoms with van der Waals surface area (Å²) in [5.74, 6) is 0.435. The molecule has 0 heterocycles. The van der Waals surface area contributed by atoms with Gasteiger partial charge in [-0.1, -0.05) is 31.2 Å². The summed E-state index contributed by atoms with van der Waals surface area (Å²) < 4.78 is 5.42. The van der Waals surface area contributed by atoms with Crippen molar-refractivity contribution in [1.29, 1.82) is 0 Å². The minimum absolute atomic E-state index is 0.0962. The molecule has 16 heavy (non-hydrogen) atoms. The van der Waals surface area contributed by atoms with Crippen LogP contribution in [0.25, 0.3) is 0 Å². The fraction of sp³-hybridized carbons (Fsp3) is 0.571. The van der Waals surface area contributed by atoms with Crippen LogP contribution in [-0.2, 0) is 11.2 Å². The van der Waals surface area contributed by atoms with E-state index in [1.165, 1.54) is 11.1 Å². The molecule has 0 bridgehead atoms. The average Bonchev–Trinajstić information content (AvgIpc) is 2.28. The van der Waals surface area contributed by atoms with Gasteiger partial charge in [0.15, 0.2) is 0 Å². The predicted octanol–water partition coefficient (Wildman–Crippen LogP) is 2.72. The minimum atomic E-state index is -0.0962. The van der Waals surface area contributed by atoms with E-state index < -0.39 is 0 Å². The summed E-state index contributed by atoms with van der Waals surface area (Å²) >= 11 is 0. The molecule has 0 aromatic heterocycles. The second-order valence-electron chi connectivity index (χ2n) is 5.02. The van der Waals surface area contributed by atoms with Gasteiger partial charge in [0.1, 0.15) is 0 Å². The standard InChI is InChI=1S/C14H23NO/c1-11(10-15)13-7-5-12(6-8-13)9-14(2,3)16-4/h5-8,11H,9-10,15H2,1-4H3. The van der Waals surface area contributed by atoms with Crippen LogP contribution in [0.15, 0.2) is 24.3 Å². The molecule has 2 heteroatoms. The maximum absolute atomic E-state index is 5.65. The SMILES string of the molecule is COC(C)(C)Cc1ccc(C(C)CN)cc1. The Morgan fingerprint density at radius 3 is 2.25 bits per heavy atom. The normalized spacial score (nSPS) is 13.8. The summed E-state index contributed by atoms with van der Waals surface area (Å²) in [4.78, 5) is 0. The van der Waals surface area contributed by atoms with Crippen molar-refractivity contribution in [2.45, 2.75) is 38.7 Å². The van der Waals surface area contributed by atoms with Crippen LogP contribution < -0.4 is 5.73 Å². The molecule has 0 radical (unpaired) electrons. The molecular weight excluding hydrogens is 198 g/mol. The van der Waals surface area contributed by atoms with Gasteiger partial charge in [-0.3, -0.25) is 0 Å². The smallest absolute Gasteiger partial charge is 0.0662 e. The molecule has 90 valence electrons. The van der Waals surface area contributed by atoms with Crippen molar-refractivity contribution in [3.63, 3.8) is 0 Å². The van der Waals surface area contributed by atoms with Crippen molar-refractivity contribution >= 4 is 0 Å². The predicted molar refractivity (Wildman–Crippen MR) is 68.7 cm³/mol. The Labute approximate surface area is 98.8 Å². The molecular formula is C14H23NO. The molecule has 0 aliphatic heterocycles. The Kier molecular flexibility index (Phi) is 4.51. The zero-order valence-electron chi connectivity index (χ0n) is 10.8. The zero-order valence-corrected chi connectivity index (χ0v) is 10.8. The van der Waals surface area contributed by atoms with E-state index in [0.717, 1.165) is 6.42 Å². The van der Waals surface area contributed by atoms with Gasteiger partial charge >= 0.3 is 0 Å². The molecule has 0 amide bonds. The van der Waals surface area contributed by atoms with Gasteiger partial charge in [0.2, 0.25) is 0 Å². The van der Waals surface area contributed by atoms with Crippen LogP contribution in [0.1, 0.15) is 37.8 Å². The summed E-state index contributed by atoms with van der Waals surface area (Å²) in [5, 5.41) is 0. The molecule has 2 nitrogen and oxygen atoms in total. The van der Waals surface area contributed by atoms with Crippen molar-refractivity contribution in [2.75, 3.05) is 13.7 Å². The Morgan fingerprint density at radius 1 is 1.25 bits per heavy atom. The highest BCUT2D eigenvalue weighted by Crippen LogP contribution is 2.19. The second-order valence-corrected chi connectivity index (χ2v) is 5.02. The molecule has 1 rings (SSSR count). The Morgan fingerprint density at radius 2 is 1.81 bits per heavy atom. The summed E-state index contributed by atoms with van der Waals surface area (Å²) in [6.07, 6.45) is 0.931. The first kappa shape index (κ1) is 13.2.